The first-order chi connectivity index (χ1) is 5.47. The largest absolute Gasteiger partial charge is 0.461 e. The molecule has 1 fully saturated rings. The number of hydrogen-bond acceptors (Lipinski definition) is 2. The fourth-order valence-corrected chi connectivity index (χ4v) is 61.0. The van der Waals surface area contributed by atoms with Crippen LogP contribution in [-0.2, 0) is 8.54 Å². The molecule has 0 aliphatic carbocycles. The molecule has 0 saturated carbocycles. The van der Waals surface area contributed by atoms with Crippen molar-refractivity contribution in [3.63, 3.8) is 0 Å². The lowest BCUT2D eigenvalue weighted by Crippen LogP contribution is -2.54. The third-order valence-corrected chi connectivity index (χ3v) is 42.1. The van der Waals surface area contributed by atoms with Crippen molar-refractivity contribution in [2.45, 2.75) is 26.2 Å². The van der Waals surface area contributed by atoms with Crippen LogP contribution in [0.25, 0.3) is 0 Å². The molecule has 0 aromatic rings. The summed E-state index contributed by atoms with van der Waals surface area (Å²) in [5, 5.41) is 0. The van der Waals surface area contributed by atoms with Gasteiger partial charge in [-0.3, -0.25) is 0 Å². The van der Waals surface area contributed by atoms with E-state index in [0.29, 0.717) is 8.55 Å². The average Bonchev–Trinajstić information content (AvgIpc) is 1.82. The van der Waals surface area contributed by atoms with E-state index in [4.69, 9.17) is 8.54 Å². The van der Waals surface area contributed by atoms with E-state index in [1.54, 1.807) is 0 Å². The lowest BCUT2D eigenvalue weighted by Gasteiger charge is -2.30. The molecule has 2 atom stereocenters. The summed E-state index contributed by atoms with van der Waals surface area (Å²) in [6, 6.07) is 0. The van der Waals surface area contributed by atoms with Crippen molar-refractivity contribution in [3.05, 3.63) is 0 Å². The van der Waals surface area contributed by atoms with Crippen LogP contribution < -0.4 is 0 Å². The second-order valence-electron chi connectivity index (χ2n) is 4.73. The molecule has 72 valence electrons. The molecule has 2 unspecified atom stereocenters. The maximum absolute atomic E-state index is 6.26. The molecule has 7 heteroatoms. The summed E-state index contributed by atoms with van der Waals surface area (Å²) >= 11 is 0. The molecule has 0 aromatic carbocycles. The Balaban J connectivity index is 2.32. The lowest BCUT2D eigenvalue weighted by atomic mass is 11.7. The second kappa shape index (κ2) is 4.48. The molecule has 1 aliphatic rings. The summed E-state index contributed by atoms with van der Waals surface area (Å²) < 4.78 is 12.0. The highest BCUT2D eigenvalue weighted by atomic mass is 29.8. The maximum atomic E-state index is 6.26. The van der Waals surface area contributed by atoms with Gasteiger partial charge in [0.15, 0.2) is 25.7 Å². The molecular formula is C5H20O2Si5. The zero-order chi connectivity index (χ0) is 9.19. The molecule has 0 spiro atoms. The molecule has 0 N–H and O–H groups in total. The molecule has 0 bridgehead atoms. The van der Waals surface area contributed by atoms with Crippen LogP contribution in [0.2, 0.25) is 26.2 Å². The van der Waals surface area contributed by atoms with Gasteiger partial charge in [0, 0.05) is 14.8 Å². The zero-order valence-corrected chi connectivity index (χ0v) is 14.7. The Kier molecular flexibility index (Phi) is 4.14. The Hall–Kier alpha value is 1.00. The summed E-state index contributed by atoms with van der Waals surface area (Å²) in [5.41, 5.74) is 0. The van der Waals surface area contributed by atoms with Crippen LogP contribution in [0, 0.1) is 0 Å². The third-order valence-electron chi connectivity index (χ3n) is 1.89. The molecule has 0 amide bonds. The molecule has 1 heterocycles. The van der Waals surface area contributed by atoms with E-state index < -0.39 is 16.4 Å². The van der Waals surface area contributed by atoms with Gasteiger partial charge in [-0.2, -0.15) is 0 Å². The summed E-state index contributed by atoms with van der Waals surface area (Å²) in [6.07, 6.45) is 1.21. The lowest BCUT2D eigenvalue weighted by molar-refractivity contribution is 0.412. The molecule has 0 aromatic heterocycles. The predicted molar refractivity (Wildman–Crippen MR) is 67.6 cm³/mol. The van der Waals surface area contributed by atoms with Crippen molar-refractivity contribution in [1.82, 2.24) is 0 Å². The van der Waals surface area contributed by atoms with Gasteiger partial charge in [-0.1, -0.05) is 6.55 Å². The molecule has 1 saturated heterocycles. The van der Waals surface area contributed by atoms with Gasteiger partial charge in [-0.15, -0.1) is 0 Å². The first-order valence-corrected chi connectivity index (χ1v) is 21.0. The van der Waals surface area contributed by atoms with Crippen molar-refractivity contribution >= 4 is 42.5 Å². The molecule has 1 rings (SSSR count). The normalized spacial score (nSPS) is 36.0. The highest BCUT2D eigenvalue weighted by molar-refractivity contribution is 7.54. The monoisotopic (exact) mass is 252 g/mol. The smallest absolute Gasteiger partial charge is 0.172 e. The predicted octanol–water partition coefficient (Wildman–Crippen LogP) is -1.27. The minimum Gasteiger partial charge on any atom is -0.461 e. The number of rotatable bonds is 2. The maximum Gasteiger partial charge on any atom is 0.172 e. The van der Waals surface area contributed by atoms with Crippen LogP contribution in [-0.4, -0.2) is 48.8 Å². The first kappa shape index (κ1) is 11.1. The minimum absolute atomic E-state index is 0.141. The van der Waals surface area contributed by atoms with Gasteiger partial charge in [-0.25, -0.2) is 0 Å². The van der Waals surface area contributed by atoms with E-state index in [0.717, 1.165) is 0 Å². The van der Waals surface area contributed by atoms with E-state index in [1.165, 1.54) is 6.23 Å². The van der Waals surface area contributed by atoms with Gasteiger partial charge >= 0.3 is 0 Å². The summed E-state index contributed by atoms with van der Waals surface area (Å²) in [4.78, 5) is 0. The standard InChI is InChI=1S/C5H20O2Si5/c1-10-5-6-8-11(9-10)7-12(2,3)4/h10-11H,5,8-9H2,1-4H3. The van der Waals surface area contributed by atoms with Crippen molar-refractivity contribution in [2.75, 3.05) is 6.23 Å². The van der Waals surface area contributed by atoms with Gasteiger partial charge in [0.1, 0.15) is 0 Å². The van der Waals surface area contributed by atoms with E-state index in [2.05, 4.69) is 26.2 Å². The number of hydrogen-bond donors (Lipinski definition) is 0. The van der Waals surface area contributed by atoms with Gasteiger partial charge in [0.2, 0.25) is 0 Å². The first-order valence-electron chi connectivity index (χ1n) is 4.73. The van der Waals surface area contributed by atoms with Crippen LogP contribution in [0.3, 0.4) is 0 Å². The van der Waals surface area contributed by atoms with Crippen LogP contribution in [0.5, 0.6) is 0 Å². The molecule has 12 heavy (non-hydrogen) atoms. The van der Waals surface area contributed by atoms with Crippen LogP contribution in [0.4, 0.5) is 0 Å². The van der Waals surface area contributed by atoms with E-state index in [-0.39, 0.29) is 17.6 Å². The average molecular weight is 253 g/mol. The van der Waals surface area contributed by atoms with Gasteiger partial charge in [0.05, 0.1) is 8.31 Å². The highest BCUT2D eigenvalue weighted by Crippen LogP contribution is 2.06. The topological polar surface area (TPSA) is 18.5 Å². The fourth-order valence-electron chi connectivity index (χ4n) is 1.57. The molecule has 2 nitrogen and oxygen atoms in total. The highest BCUT2D eigenvalue weighted by Gasteiger charge is 2.28. The Labute approximate surface area is 83.6 Å². The summed E-state index contributed by atoms with van der Waals surface area (Å²) in [7, 11) is -2.01. The minimum atomic E-state index is -1.20. The fraction of sp³-hybridized carbons (Fsp3) is 1.00. The summed E-state index contributed by atoms with van der Waals surface area (Å²) in [6.45, 7) is 9.45. The van der Waals surface area contributed by atoms with Crippen LogP contribution >= 0.6 is 0 Å². The Morgan fingerprint density at radius 1 is 1.42 bits per heavy atom. The van der Waals surface area contributed by atoms with Crippen molar-refractivity contribution in [3.8, 4) is 0 Å². The quantitative estimate of drug-likeness (QED) is 0.571. The van der Waals surface area contributed by atoms with E-state index >= 15 is 0 Å². The Morgan fingerprint density at radius 3 is 2.58 bits per heavy atom. The Bertz CT molecular complexity index is 147. The van der Waals surface area contributed by atoms with E-state index in [1.807, 2.05) is 0 Å². The third kappa shape index (κ3) is 4.30. The molecule has 1 aliphatic heterocycles. The van der Waals surface area contributed by atoms with Gasteiger partial charge < -0.3 is 8.54 Å². The van der Waals surface area contributed by atoms with Gasteiger partial charge in [-0.05, 0) is 19.6 Å². The van der Waals surface area contributed by atoms with Crippen LogP contribution in [0.1, 0.15) is 0 Å². The van der Waals surface area contributed by atoms with Crippen molar-refractivity contribution in [1.29, 1.82) is 0 Å². The van der Waals surface area contributed by atoms with Crippen molar-refractivity contribution < 1.29 is 8.54 Å². The van der Waals surface area contributed by atoms with E-state index in [9.17, 15) is 0 Å². The Morgan fingerprint density at radius 2 is 2.08 bits per heavy atom. The van der Waals surface area contributed by atoms with Crippen molar-refractivity contribution in [2.24, 2.45) is 0 Å². The second-order valence-corrected chi connectivity index (χ2v) is 34.7. The molecular weight excluding hydrogens is 232 g/mol. The van der Waals surface area contributed by atoms with Crippen LogP contribution in [0.15, 0.2) is 0 Å². The SMILES string of the molecule is C[SiH]1CO[SiH2][SiH](O[Si](C)(C)C)[SiH2]1. The zero-order valence-electron chi connectivity index (χ0n) is 8.59. The summed E-state index contributed by atoms with van der Waals surface area (Å²) in [5.74, 6) is 0. The molecule has 0 radical (unpaired) electrons. The van der Waals surface area contributed by atoms with Gasteiger partial charge in [0.25, 0.3) is 0 Å².